The minimum atomic E-state index is 0.0986. The van der Waals surface area contributed by atoms with Crippen LogP contribution in [0.5, 0.6) is 11.5 Å². The Hall–Kier alpha value is -0.970. The van der Waals surface area contributed by atoms with Crippen LogP contribution < -0.4 is 15.2 Å². The van der Waals surface area contributed by atoms with E-state index < -0.39 is 0 Å². The Morgan fingerprint density at radius 1 is 1.28 bits per heavy atom. The molecule has 0 radical (unpaired) electrons. The van der Waals surface area contributed by atoms with Crippen molar-refractivity contribution in [3.05, 3.63) is 22.7 Å². The maximum atomic E-state index is 9.10. The molecule has 0 aromatic heterocycles. The molecule has 0 bridgehead atoms. The molecule has 0 heterocycles. The number of rotatable bonds is 7. The van der Waals surface area contributed by atoms with Gasteiger partial charge in [-0.25, -0.2) is 0 Å². The number of aliphatic hydroxyl groups is 1. The molecule has 3 N–H and O–H groups in total. The minimum Gasteiger partial charge on any atom is -0.493 e. The van der Waals surface area contributed by atoms with E-state index in [4.69, 9.17) is 31.9 Å². The van der Waals surface area contributed by atoms with Crippen LogP contribution >= 0.6 is 11.6 Å². The van der Waals surface area contributed by atoms with Gasteiger partial charge < -0.3 is 20.3 Å². The van der Waals surface area contributed by atoms with Crippen LogP contribution in [0.4, 0.5) is 0 Å². The molecule has 1 aromatic rings. The zero-order valence-corrected chi connectivity index (χ0v) is 11.5. The van der Waals surface area contributed by atoms with E-state index in [1.165, 1.54) is 0 Å². The minimum absolute atomic E-state index is 0.0986. The van der Waals surface area contributed by atoms with Gasteiger partial charge in [-0.3, -0.25) is 0 Å². The van der Waals surface area contributed by atoms with Crippen molar-refractivity contribution in [3.63, 3.8) is 0 Å². The standard InChI is InChI=1S/C13H20ClNO3/c1-17-12-5-10(4-3-9(7-15)8-16)11(14)6-13(12)18-2/h5-6,9,16H,3-4,7-8,15H2,1-2H3. The van der Waals surface area contributed by atoms with Crippen LogP contribution in [0.3, 0.4) is 0 Å². The molecule has 18 heavy (non-hydrogen) atoms. The number of ether oxygens (including phenoxy) is 2. The number of aryl methyl sites for hydroxylation is 1. The monoisotopic (exact) mass is 273 g/mol. The van der Waals surface area contributed by atoms with Crippen LogP contribution in [0.1, 0.15) is 12.0 Å². The lowest BCUT2D eigenvalue weighted by molar-refractivity contribution is 0.223. The van der Waals surface area contributed by atoms with Crippen molar-refractivity contribution in [3.8, 4) is 11.5 Å². The first-order valence-corrected chi connectivity index (χ1v) is 6.25. The van der Waals surface area contributed by atoms with E-state index in [0.29, 0.717) is 23.1 Å². The average Bonchev–Trinajstić information content (AvgIpc) is 2.40. The molecule has 0 saturated heterocycles. The molecule has 1 rings (SSSR count). The topological polar surface area (TPSA) is 64.7 Å². The lowest BCUT2D eigenvalue weighted by Gasteiger charge is -2.14. The number of aliphatic hydroxyl groups excluding tert-OH is 1. The summed E-state index contributed by atoms with van der Waals surface area (Å²) in [5, 5.41) is 9.74. The normalized spacial score (nSPS) is 12.3. The largest absolute Gasteiger partial charge is 0.493 e. The molecule has 0 aliphatic carbocycles. The number of methoxy groups -OCH3 is 2. The summed E-state index contributed by atoms with van der Waals surface area (Å²) in [7, 11) is 3.16. The summed E-state index contributed by atoms with van der Waals surface area (Å²) in [4.78, 5) is 0. The molecule has 1 atom stereocenters. The predicted molar refractivity (Wildman–Crippen MR) is 72.5 cm³/mol. The molecule has 5 heteroatoms. The fourth-order valence-corrected chi connectivity index (χ4v) is 1.98. The quantitative estimate of drug-likeness (QED) is 0.796. The molecule has 0 amide bonds. The van der Waals surface area contributed by atoms with Crippen LogP contribution in [-0.4, -0.2) is 32.5 Å². The van der Waals surface area contributed by atoms with Gasteiger partial charge in [0.25, 0.3) is 0 Å². The maximum absolute atomic E-state index is 9.10. The fraction of sp³-hybridized carbons (Fsp3) is 0.538. The zero-order valence-electron chi connectivity index (χ0n) is 10.8. The highest BCUT2D eigenvalue weighted by atomic mass is 35.5. The van der Waals surface area contributed by atoms with Crippen molar-refractivity contribution in [2.24, 2.45) is 11.7 Å². The molecule has 1 unspecified atom stereocenters. The molecular formula is C13H20ClNO3. The van der Waals surface area contributed by atoms with Gasteiger partial charge in [0.1, 0.15) is 0 Å². The third-order valence-corrected chi connectivity index (χ3v) is 3.32. The first-order chi connectivity index (χ1) is 8.65. The Morgan fingerprint density at radius 3 is 2.39 bits per heavy atom. The molecule has 0 saturated carbocycles. The fourth-order valence-electron chi connectivity index (χ4n) is 1.73. The van der Waals surface area contributed by atoms with Gasteiger partial charge in [0.15, 0.2) is 11.5 Å². The highest BCUT2D eigenvalue weighted by Crippen LogP contribution is 2.33. The van der Waals surface area contributed by atoms with Crippen molar-refractivity contribution < 1.29 is 14.6 Å². The van der Waals surface area contributed by atoms with E-state index in [-0.39, 0.29) is 12.5 Å². The number of nitrogens with two attached hydrogens (primary N) is 1. The highest BCUT2D eigenvalue weighted by molar-refractivity contribution is 6.31. The van der Waals surface area contributed by atoms with Gasteiger partial charge in [-0.15, -0.1) is 0 Å². The second-order valence-electron chi connectivity index (χ2n) is 4.12. The van der Waals surface area contributed by atoms with E-state index in [2.05, 4.69) is 0 Å². The second kappa shape index (κ2) is 7.46. The average molecular weight is 274 g/mol. The van der Waals surface area contributed by atoms with Crippen molar-refractivity contribution in [2.45, 2.75) is 12.8 Å². The van der Waals surface area contributed by atoms with E-state index in [9.17, 15) is 0 Å². The molecule has 4 nitrogen and oxygen atoms in total. The van der Waals surface area contributed by atoms with Crippen LogP contribution in [0.25, 0.3) is 0 Å². The Labute approximate surface area is 113 Å². The SMILES string of the molecule is COc1cc(Cl)c(CCC(CN)CO)cc1OC. The second-order valence-corrected chi connectivity index (χ2v) is 4.53. The van der Waals surface area contributed by atoms with Crippen molar-refractivity contribution in [1.29, 1.82) is 0 Å². The molecular weight excluding hydrogens is 254 g/mol. The number of halogens is 1. The van der Waals surface area contributed by atoms with Crippen molar-refractivity contribution in [1.82, 2.24) is 0 Å². The number of hydrogen-bond acceptors (Lipinski definition) is 4. The third-order valence-electron chi connectivity index (χ3n) is 2.97. The van der Waals surface area contributed by atoms with Gasteiger partial charge in [0.2, 0.25) is 0 Å². The zero-order chi connectivity index (χ0) is 13.5. The van der Waals surface area contributed by atoms with Gasteiger partial charge in [0, 0.05) is 17.7 Å². The van der Waals surface area contributed by atoms with Gasteiger partial charge in [-0.1, -0.05) is 11.6 Å². The molecule has 0 spiro atoms. The Morgan fingerprint density at radius 2 is 1.89 bits per heavy atom. The summed E-state index contributed by atoms with van der Waals surface area (Å²) in [6, 6.07) is 3.61. The lowest BCUT2D eigenvalue weighted by atomic mass is 10.00. The van der Waals surface area contributed by atoms with Gasteiger partial charge in [0.05, 0.1) is 14.2 Å². The molecule has 102 valence electrons. The van der Waals surface area contributed by atoms with Crippen molar-refractivity contribution in [2.75, 3.05) is 27.4 Å². The summed E-state index contributed by atoms with van der Waals surface area (Å²) in [5.41, 5.74) is 6.52. The third kappa shape index (κ3) is 3.77. The van der Waals surface area contributed by atoms with Crippen LogP contribution in [0.2, 0.25) is 5.02 Å². The summed E-state index contributed by atoms with van der Waals surface area (Å²) in [5.74, 6) is 1.38. The predicted octanol–water partition coefficient (Wildman–Crippen LogP) is 1.86. The molecule has 0 aliphatic heterocycles. The Balaban J connectivity index is 2.82. The van der Waals surface area contributed by atoms with Crippen LogP contribution in [-0.2, 0) is 6.42 Å². The first-order valence-electron chi connectivity index (χ1n) is 5.87. The summed E-state index contributed by atoms with van der Waals surface area (Å²) in [6.45, 7) is 0.572. The van der Waals surface area contributed by atoms with E-state index in [0.717, 1.165) is 18.4 Å². The summed E-state index contributed by atoms with van der Waals surface area (Å²) < 4.78 is 10.4. The highest BCUT2D eigenvalue weighted by Gasteiger charge is 2.12. The lowest BCUT2D eigenvalue weighted by Crippen LogP contribution is -2.18. The van der Waals surface area contributed by atoms with Gasteiger partial charge in [-0.2, -0.15) is 0 Å². The first kappa shape index (κ1) is 15.1. The maximum Gasteiger partial charge on any atom is 0.162 e. The van der Waals surface area contributed by atoms with Crippen molar-refractivity contribution >= 4 is 11.6 Å². The Kier molecular flexibility index (Phi) is 6.25. The molecule has 0 fully saturated rings. The van der Waals surface area contributed by atoms with Gasteiger partial charge in [-0.05, 0) is 36.9 Å². The van der Waals surface area contributed by atoms with Crippen LogP contribution in [0, 0.1) is 5.92 Å². The molecule has 1 aromatic carbocycles. The van der Waals surface area contributed by atoms with Crippen LogP contribution in [0.15, 0.2) is 12.1 Å². The summed E-state index contributed by atoms with van der Waals surface area (Å²) in [6.07, 6.45) is 1.55. The smallest absolute Gasteiger partial charge is 0.162 e. The number of hydrogen-bond donors (Lipinski definition) is 2. The molecule has 0 aliphatic rings. The van der Waals surface area contributed by atoms with E-state index in [1.54, 1.807) is 20.3 Å². The van der Waals surface area contributed by atoms with E-state index in [1.807, 2.05) is 6.07 Å². The summed E-state index contributed by atoms with van der Waals surface area (Å²) >= 11 is 6.18. The van der Waals surface area contributed by atoms with E-state index >= 15 is 0 Å². The van der Waals surface area contributed by atoms with Gasteiger partial charge >= 0.3 is 0 Å². The number of benzene rings is 1. The Bertz CT molecular complexity index is 381.